The first-order valence-corrected chi connectivity index (χ1v) is 7.44. The first kappa shape index (κ1) is 15.8. The van der Waals surface area contributed by atoms with E-state index in [1.165, 1.54) is 0 Å². The third kappa shape index (κ3) is 5.37. The van der Waals surface area contributed by atoms with Crippen molar-refractivity contribution in [3.8, 4) is 5.75 Å². The van der Waals surface area contributed by atoms with Gasteiger partial charge < -0.3 is 14.2 Å². The van der Waals surface area contributed by atoms with Gasteiger partial charge in [-0.1, -0.05) is 30.4 Å². The summed E-state index contributed by atoms with van der Waals surface area (Å²) in [6.07, 6.45) is 9.43. The summed E-state index contributed by atoms with van der Waals surface area (Å²) >= 11 is 0. The van der Waals surface area contributed by atoms with Crippen LogP contribution in [0.2, 0.25) is 0 Å². The van der Waals surface area contributed by atoms with Crippen LogP contribution in [0.4, 0.5) is 0 Å². The van der Waals surface area contributed by atoms with Crippen molar-refractivity contribution in [2.75, 3.05) is 13.7 Å². The van der Waals surface area contributed by atoms with Crippen molar-refractivity contribution in [2.24, 2.45) is 0 Å². The molecule has 3 nitrogen and oxygen atoms in total. The van der Waals surface area contributed by atoms with E-state index in [0.29, 0.717) is 13.2 Å². The minimum absolute atomic E-state index is 0.209. The van der Waals surface area contributed by atoms with Crippen LogP contribution >= 0.6 is 0 Å². The van der Waals surface area contributed by atoms with Gasteiger partial charge in [-0.25, -0.2) is 0 Å². The molecule has 1 aliphatic carbocycles. The maximum absolute atomic E-state index is 6.03. The third-order valence-corrected chi connectivity index (χ3v) is 3.58. The summed E-state index contributed by atoms with van der Waals surface area (Å²) in [6, 6.07) is 8.00. The Balaban J connectivity index is 1.82. The Hall–Kier alpha value is -1.58. The van der Waals surface area contributed by atoms with Gasteiger partial charge in [0.05, 0.1) is 32.5 Å². The third-order valence-electron chi connectivity index (χ3n) is 3.58. The molecule has 0 aromatic heterocycles. The molecule has 0 bridgehead atoms. The Morgan fingerprint density at radius 2 is 1.76 bits per heavy atom. The molecule has 2 rings (SSSR count). The van der Waals surface area contributed by atoms with E-state index in [-0.39, 0.29) is 12.2 Å². The summed E-state index contributed by atoms with van der Waals surface area (Å²) in [5, 5.41) is 0. The van der Waals surface area contributed by atoms with E-state index in [1.807, 2.05) is 24.3 Å². The number of methoxy groups -OCH3 is 1. The lowest BCUT2D eigenvalue weighted by Gasteiger charge is -2.20. The molecule has 114 valence electrons. The van der Waals surface area contributed by atoms with Crippen molar-refractivity contribution in [3.63, 3.8) is 0 Å². The van der Waals surface area contributed by atoms with E-state index in [0.717, 1.165) is 30.6 Å². The summed E-state index contributed by atoms with van der Waals surface area (Å²) in [5.41, 5.74) is 1.16. The second-order valence-corrected chi connectivity index (χ2v) is 5.20. The maximum Gasteiger partial charge on any atom is 0.118 e. The molecular formula is C18H24O3. The Kier molecular flexibility index (Phi) is 6.51. The van der Waals surface area contributed by atoms with Crippen molar-refractivity contribution in [2.45, 2.75) is 38.1 Å². The van der Waals surface area contributed by atoms with Crippen LogP contribution in [0.15, 0.2) is 49.1 Å². The summed E-state index contributed by atoms with van der Waals surface area (Å²) in [4.78, 5) is 0. The van der Waals surface area contributed by atoms with Crippen LogP contribution in [-0.4, -0.2) is 25.9 Å². The van der Waals surface area contributed by atoms with E-state index in [9.17, 15) is 0 Å². The van der Waals surface area contributed by atoms with Gasteiger partial charge in [-0.05, 0) is 30.5 Å². The second kappa shape index (κ2) is 8.65. The van der Waals surface area contributed by atoms with Gasteiger partial charge in [-0.2, -0.15) is 0 Å². The first-order valence-electron chi connectivity index (χ1n) is 7.44. The molecule has 0 aliphatic heterocycles. The van der Waals surface area contributed by atoms with Crippen LogP contribution in [-0.2, 0) is 16.1 Å². The molecule has 1 aromatic rings. The van der Waals surface area contributed by atoms with Gasteiger partial charge in [0.15, 0.2) is 0 Å². The molecular weight excluding hydrogens is 264 g/mol. The van der Waals surface area contributed by atoms with Gasteiger partial charge in [0.2, 0.25) is 0 Å². The van der Waals surface area contributed by atoms with Crippen molar-refractivity contribution >= 4 is 0 Å². The predicted molar refractivity (Wildman–Crippen MR) is 84.5 cm³/mol. The largest absolute Gasteiger partial charge is 0.497 e. The molecule has 0 radical (unpaired) electrons. The highest BCUT2D eigenvalue weighted by atomic mass is 16.5. The molecule has 0 spiro atoms. The van der Waals surface area contributed by atoms with E-state index < -0.39 is 0 Å². The summed E-state index contributed by atoms with van der Waals surface area (Å²) in [7, 11) is 1.67. The summed E-state index contributed by atoms with van der Waals surface area (Å²) in [5.74, 6) is 0.869. The van der Waals surface area contributed by atoms with Crippen molar-refractivity contribution in [1.82, 2.24) is 0 Å². The number of ether oxygens (including phenoxy) is 3. The van der Waals surface area contributed by atoms with Gasteiger partial charge in [0, 0.05) is 6.42 Å². The van der Waals surface area contributed by atoms with Crippen molar-refractivity contribution < 1.29 is 14.2 Å². The molecule has 1 aromatic carbocycles. The first-order chi connectivity index (χ1) is 10.3. The van der Waals surface area contributed by atoms with Gasteiger partial charge in [0.1, 0.15) is 5.75 Å². The standard InChI is InChI=1S/C18H24O3/c1-3-12-20-17-6-4-5-7-18(13-17)21-14-15-8-10-16(19-2)11-9-15/h3-5,8-11,17-18H,1,6-7,12-14H2,2H3/t17-,18-/m1/s1. The monoisotopic (exact) mass is 288 g/mol. The van der Waals surface area contributed by atoms with Crippen molar-refractivity contribution in [3.05, 3.63) is 54.6 Å². The minimum atomic E-state index is 0.209. The topological polar surface area (TPSA) is 27.7 Å². The van der Waals surface area contributed by atoms with Crippen LogP contribution in [0, 0.1) is 0 Å². The fourth-order valence-corrected chi connectivity index (χ4v) is 2.39. The zero-order valence-electron chi connectivity index (χ0n) is 12.7. The van der Waals surface area contributed by atoms with E-state index >= 15 is 0 Å². The van der Waals surface area contributed by atoms with Crippen LogP contribution in [0.3, 0.4) is 0 Å². The molecule has 0 saturated carbocycles. The molecule has 0 fully saturated rings. The molecule has 2 atom stereocenters. The molecule has 1 aliphatic rings. The number of rotatable bonds is 7. The molecule has 0 heterocycles. The smallest absolute Gasteiger partial charge is 0.118 e. The molecule has 0 unspecified atom stereocenters. The highest BCUT2D eigenvalue weighted by molar-refractivity contribution is 5.26. The normalized spacial score (nSPS) is 21.8. The average molecular weight is 288 g/mol. The highest BCUT2D eigenvalue weighted by Gasteiger charge is 2.18. The Labute approximate surface area is 127 Å². The lowest BCUT2D eigenvalue weighted by molar-refractivity contribution is -0.0115. The van der Waals surface area contributed by atoms with E-state index in [2.05, 4.69) is 18.7 Å². The number of hydrogen-bond acceptors (Lipinski definition) is 3. The van der Waals surface area contributed by atoms with E-state index in [4.69, 9.17) is 14.2 Å². The Bertz CT molecular complexity index is 450. The lowest BCUT2D eigenvalue weighted by Crippen LogP contribution is -2.21. The Morgan fingerprint density at radius 1 is 1.10 bits per heavy atom. The Morgan fingerprint density at radius 3 is 2.38 bits per heavy atom. The highest BCUT2D eigenvalue weighted by Crippen LogP contribution is 2.20. The van der Waals surface area contributed by atoms with Gasteiger partial charge in [0.25, 0.3) is 0 Å². The molecule has 21 heavy (non-hydrogen) atoms. The van der Waals surface area contributed by atoms with E-state index in [1.54, 1.807) is 13.2 Å². The summed E-state index contributed by atoms with van der Waals surface area (Å²) < 4.78 is 17.0. The minimum Gasteiger partial charge on any atom is -0.497 e. The lowest BCUT2D eigenvalue weighted by atomic mass is 10.1. The molecule has 3 heteroatoms. The quantitative estimate of drug-likeness (QED) is 0.712. The fourth-order valence-electron chi connectivity index (χ4n) is 2.39. The summed E-state index contributed by atoms with van der Waals surface area (Å²) in [6.45, 7) is 4.92. The zero-order valence-corrected chi connectivity index (χ0v) is 12.7. The SMILES string of the molecule is C=CCO[C@@H]1CC=CC[C@@H](OCc2ccc(OC)cc2)C1. The fraction of sp³-hybridized carbons (Fsp3) is 0.444. The number of benzene rings is 1. The van der Waals surface area contributed by atoms with Gasteiger partial charge in [-0.15, -0.1) is 6.58 Å². The molecule has 0 amide bonds. The maximum atomic E-state index is 6.03. The van der Waals surface area contributed by atoms with Crippen LogP contribution in [0.5, 0.6) is 5.75 Å². The zero-order chi connectivity index (χ0) is 14.9. The van der Waals surface area contributed by atoms with Crippen molar-refractivity contribution in [1.29, 1.82) is 0 Å². The van der Waals surface area contributed by atoms with Crippen LogP contribution in [0.1, 0.15) is 24.8 Å². The average Bonchev–Trinajstić information content (AvgIpc) is 2.76. The van der Waals surface area contributed by atoms with Gasteiger partial charge in [-0.3, -0.25) is 0 Å². The van der Waals surface area contributed by atoms with Gasteiger partial charge >= 0.3 is 0 Å². The van der Waals surface area contributed by atoms with Crippen LogP contribution < -0.4 is 4.74 Å². The molecule has 0 N–H and O–H groups in total. The molecule has 0 saturated heterocycles. The predicted octanol–water partition coefficient (Wildman–Crippen LogP) is 3.89. The number of hydrogen-bond donors (Lipinski definition) is 0. The van der Waals surface area contributed by atoms with Crippen LogP contribution in [0.25, 0.3) is 0 Å². The second-order valence-electron chi connectivity index (χ2n) is 5.20.